The van der Waals surface area contributed by atoms with Crippen molar-refractivity contribution in [3.8, 4) is 11.5 Å². The number of pyridine rings is 1. The number of rotatable bonds is 6. The molecule has 3 aromatic rings. The van der Waals surface area contributed by atoms with Crippen LogP contribution in [0, 0.1) is 6.92 Å². The van der Waals surface area contributed by atoms with Gasteiger partial charge in [0, 0.05) is 30.1 Å². The average Bonchev–Trinajstić information content (AvgIpc) is 2.84. The molecule has 1 saturated heterocycles. The quantitative estimate of drug-likeness (QED) is 0.569. The maximum absolute atomic E-state index is 13.6. The van der Waals surface area contributed by atoms with Crippen LogP contribution in [0.25, 0.3) is 10.9 Å². The van der Waals surface area contributed by atoms with Gasteiger partial charge in [-0.05, 0) is 31.2 Å². The number of fused-ring (bicyclic) bond motifs is 2. The number of sulfonamides is 1. The van der Waals surface area contributed by atoms with Crippen molar-refractivity contribution < 1.29 is 27.4 Å². The first-order valence-electron chi connectivity index (χ1n) is 11.1. The summed E-state index contributed by atoms with van der Waals surface area (Å²) in [7, 11) is -3.90. The van der Waals surface area contributed by atoms with Crippen LogP contribution in [0.3, 0.4) is 0 Å². The van der Waals surface area contributed by atoms with Gasteiger partial charge in [0.1, 0.15) is 13.2 Å². The molecule has 0 radical (unpaired) electrons. The number of aromatic nitrogens is 1. The van der Waals surface area contributed by atoms with Gasteiger partial charge in [0.2, 0.25) is 10.0 Å². The molecule has 34 heavy (non-hydrogen) atoms. The van der Waals surface area contributed by atoms with Gasteiger partial charge in [-0.15, -0.1) is 0 Å². The first-order chi connectivity index (χ1) is 16.4. The van der Waals surface area contributed by atoms with Gasteiger partial charge in [-0.2, -0.15) is 4.31 Å². The normalized spacial score (nSPS) is 18.4. The summed E-state index contributed by atoms with van der Waals surface area (Å²) in [6, 6.07) is 11.9. The Morgan fingerprint density at radius 3 is 2.44 bits per heavy atom. The highest BCUT2D eigenvalue weighted by Gasteiger charge is 2.30. The Labute approximate surface area is 197 Å². The number of ether oxygens (including phenoxy) is 4. The third-order valence-electron chi connectivity index (χ3n) is 5.88. The molecule has 2 aliphatic rings. The number of aromatic amines is 1. The standard InChI is InChI=1S/C24H26N2O7S/c1-16-2-4-20(5-3-16)34(28,29)26(14-19-15-30-6-7-31-19)13-18-10-17-11-22-23(33-9-8-32-22)12-21(17)25-24(18)27/h2-5,10-12,19H,6-9,13-15H2,1H3,(H,25,27)/t19-/m1/s1. The molecule has 0 unspecified atom stereocenters. The molecule has 10 heteroatoms. The van der Waals surface area contributed by atoms with Gasteiger partial charge in [-0.3, -0.25) is 4.79 Å². The van der Waals surface area contributed by atoms with E-state index >= 15 is 0 Å². The monoisotopic (exact) mass is 486 g/mol. The van der Waals surface area contributed by atoms with Crippen LogP contribution in [0.5, 0.6) is 11.5 Å². The van der Waals surface area contributed by atoms with Crippen molar-refractivity contribution in [3.63, 3.8) is 0 Å². The van der Waals surface area contributed by atoms with Gasteiger partial charge in [0.05, 0.1) is 36.3 Å². The molecule has 5 rings (SSSR count). The first kappa shape index (κ1) is 22.9. The van der Waals surface area contributed by atoms with Crippen molar-refractivity contribution in [2.45, 2.75) is 24.5 Å². The minimum absolute atomic E-state index is 0.0643. The van der Waals surface area contributed by atoms with Crippen molar-refractivity contribution in [2.24, 2.45) is 0 Å². The van der Waals surface area contributed by atoms with E-state index in [1.807, 2.05) is 6.92 Å². The van der Waals surface area contributed by atoms with E-state index in [1.54, 1.807) is 42.5 Å². The van der Waals surface area contributed by atoms with E-state index in [-0.39, 0.29) is 30.2 Å². The Hall–Kier alpha value is -2.92. The van der Waals surface area contributed by atoms with Crippen LogP contribution in [-0.2, 0) is 26.0 Å². The molecule has 9 nitrogen and oxygen atoms in total. The highest BCUT2D eigenvalue weighted by atomic mass is 32.2. The second-order valence-electron chi connectivity index (χ2n) is 8.39. The number of hydrogen-bond donors (Lipinski definition) is 1. The van der Waals surface area contributed by atoms with Gasteiger partial charge in [-0.25, -0.2) is 8.42 Å². The summed E-state index contributed by atoms with van der Waals surface area (Å²) in [6.07, 6.45) is -0.425. The number of nitrogens with one attached hydrogen (secondary N) is 1. The van der Waals surface area contributed by atoms with Gasteiger partial charge in [0.25, 0.3) is 5.56 Å². The maximum atomic E-state index is 13.6. The Kier molecular flexibility index (Phi) is 6.30. The van der Waals surface area contributed by atoms with Crippen LogP contribution in [0.4, 0.5) is 0 Å². The lowest BCUT2D eigenvalue weighted by atomic mass is 10.1. The molecular formula is C24H26N2O7S. The Morgan fingerprint density at radius 1 is 1.00 bits per heavy atom. The predicted molar refractivity (Wildman–Crippen MR) is 125 cm³/mol. The molecule has 1 aromatic heterocycles. The lowest BCUT2D eigenvalue weighted by Gasteiger charge is -2.29. The molecule has 0 spiro atoms. The minimum atomic E-state index is -3.90. The number of nitrogens with zero attached hydrogens (tertiary/aromatic N) is 1. The van der Waals surface area contributed by atoms with E-state index in [1.165, 1.54) is 4.31 Å². The third-order valence-corrected chi connectivity index (χ3v) is 7.71. The Bertz CT molecular complexity index is 1350. The second-order valence-corrected chi connectivity index (χ2v) is 10.3. The Balaban J connectivity index is 1.51. The zero-order valence-corrected chi connectivity index (χ0v) is 19.6. The zero-order valence-electron chi connectivity index (χ0n) is 18.8. The summed E-state index contributed by atoms with van der Waals surface area (Å²) in [5.41, 5.74) is 1.50. The Morgan fingerprint density at radius 2 is 1.74 bits per heavy atom. The predicted octanol–water partition coefficient (Wildman–Crippen LogP) is 2.21. The molecule has 3 heterocycles. The summed E-state index contributed by atoms with van der Waals surface area (Å²) in [6.45, 7) is 3.89. The van der Waals surface area contributed by atoms with Gasteiger partial charge >= 0.3 is 0 Å². The molecule has 0 saturated carbocycles. The molecular weight excluding hydrogens is 460 g/mol. The summed E-state index contributed by atoms with van der Waals surface area (Å²) in [5.74, 6) is 1.16. The topological polar surface area (TPSA) is 107 Å². The van der Waals surface area contributed by atoms with Gasteiger partial charge in [0.15, 0.2) is 11.5 Å². The molecule has 0 aliphatic carbocycles. The molecule has 0 bridgehead atoms. The van der Waals surface area contributed by atoms with Crippen LogP contribution < -0.4 is 15.0 Å². The van der Waals surface area contributed by atoms with Crippen LogP contribution in [0.15, 0.2) is 52.2 Å². The molecule has 1 fully saturated rings. The van der Waals surface area contributed by atoms with Crippen molar-refractivity contribution in [2.75, 3.05) is 39.6 Å². The van der Waals surface area contributed by atoms with Crippen LogP contribution >= 0.6 is 0 Å². The molecule has 180 valence electrons. The van der Waals surface area contributed by atoms with Crippen molar-refractivity contribution in [1.29, 1.82) is 0 Å². The minimum Gasteiger partial charge on any atom is -0.486 e. The number of H-pyrrole nitrogens is 1. The second kappa shape index (κ2) is 9.38. The van der Waals surface area contributed by atoms with E-state index in [0.29, 0.717) is 49.0 Å². The van der Waals surface area contributed by atoms with E-state index in [2.05, 4.69) is 4.98 Å². The summed E-state index contributed by atoms with van der Waals surface area (Å²) >= 11 is 0. The fraction of sp³-hybridized carbons (Fsp3) is 0.375. The lowest BCUT2D eigenvalue weighted by molar-refractivity contribution is -0.0923. The van der Waals surface area contributed by atoms with Crippen LogP contribution in [0.2, 0.25) is 0 Å². The van der Waals surface area contributed by atoms with Crippen molar-refractivity contribution in [3.05, 3.63) is 63.9 Å². The third kappa shape index (κ3) is 4.67. The maximum Gasteiger partial charge on any atom is 0.252 e. The number of benzene rings is 2. The molecule has 2 aromatic carbocycles. The average molecular weight is 487 g/mol. The van der Waals surface area contributed by atoms with Crippen molar-refractivity contribution >= 4 is 20.9 Å². The largest absolute Gasteiger partial charge is 0.486 e. The summed E-state index contributed by atoms with van der Waals surface area (Å²) < 4.78 is 50.8. The lowest BCUT2D eigenvalue weighted by Crippen LogP contribution is -2.43. The highest BCUT2D eigenvalue weighted by Crippen LogP contribution is 2.34. The SMILES string of the molecule is Cc1ccc(S(=O)(=O)N(Cc2cc3cc4c(cc3[nH]c2=O)OCCO4)C[C@@H]2COCCO2)cc1. The summed E-state index contributed by atoms with van der Waals surface area (Å²) in [5, 5.41) is 0.726. The molecule has 1 atom stereocenters. The number of hydrogen-bond acceptors (Lipinski definition) is 7. The molecule has 1 N–H and O–H groups in total. The van der Waals surface area contributed by atoms with E-state index < -0.39 is 16.1 Å². The van der Waals surface area contributed by atoms with E-state index in [9.17, 15) is 13.2 Å². The summed E-state index contributed by atoms with van der Waals surface area (Å²) in [4.78, 5) is 15.9. The molecule has 0 amide bonds. The fourth-order valence-electron chi connectivity index (χ4n) is 4.07. The van der Waals surface area contributed by atoms with E-state index in [4.69, 9.17) is 18.9 Å². The smallest absolute Gasteiger partial charge is 0.252 e. The van der Waals surface area contributed by atoms with E-state index in [0.717, 1.165) is 10.9 Å². The first-order valence-corrected chi connectivity index (χ1v) is 12.6. The van der Waals surface area contributed by atoms with Crippen LogP contribution in [0.1, 0.15) is 11.1 Å². The fourth-order valence-corrected chi connectivity index (χ4v) is 5.52. The zero-order chi connectivity index (χ0) is 23.7. The van der Waals surface area contributed by atoms with Gasteiger partial charge in [-0.1, -0.05) is 17.7 Å². The van der Waals surface area contributed by atoms with Crippen molar-refractivity contribution in [1.82, 2.24) is 9.29 Å². The van der Waals surface area contributed by atoms with Gasteiger partial charge < -0.3 is 23.9 Å². The highest BCUT2D eigenvalue weighted by molar-refractivity contribution is 7.89. The molecule has 2 aliphatic heterocycles. The number of aryl methyl sites for hydroxylation is 1. The van der Waals surface area contributed by atoms with Crippen LogP contribution in [-0.4, -0.2) is 63.4 Å².